The van der Waals surface area contributed by atoms with Gasteiger partial charge in [0.25, 0.3) is 0 Å². The van der Waals surface area contributed by atoms with Crippen LogP contribution in [0.1, 0.15) is 94.2 Å². The molecule has 0 atom stereocenters. The fourth-order valence-electron chi connectivity index (χ4n) is 4.35. The molecule has 1 saturated carbocycles. The normalized spacial score (nSPS) is 18.5. The van der Waals surface area contributed by atoms with E-state index in [-0.39, 0.29) is 0 Å². The average molecular weight is 403 g/mol. The van der Waals surface area contributed by atoms with Crippen molar-refractivity contribution in [3.63, 3.8) is 0 Å². The zero-order valence-corrected chi connectivity index (χ0v) is 19.0. The Bertz CT molecular complexity index is 783. The molecule has 0 N–H and O–H groups in total. The Hall–Kier alpha value is -2.20. The van der Waals surface area contributed by atoms with Gasteiger partial charge in [0, 0.05) is 11.5 Å². The van der Waals surface area contributed by atoms with Crippen molar-refractivity contribution < 1.29 is 4.74 Å². The average Bonchev–Trinajstić information content (AvgIpc) is 2.79. The van der Waals surface area contributed by atoms with Crippen molar-refractivity contribution in [2.75, 3.05) is 6.61 Å². The third kappa shape index (κ3) is 7.24. The van der Waals surface area contributed by atoms with Gasteiger partial charge >= 0.3 is 0 Å². The molecule has 0 aliphatic heterocycles. The number of hydrogen-bond donors (Lipinski definition) is 0. The first kappa shape index (κ1) is 22.5. The first-order valence-electron chi connectivity index (χ1n) is 12.1. The first-order chi connectivity index (χ1) is 14.8. The highest BCUT2D eigenvalue weighted by molar-refractivity contribution is 5.38. The molecule has 1 nitrogen and oxygen atoms in total. The Labute approximate surface area is 184 Å². The van der Waals surface area contributed by atoms with Gasteiger partial charge in [-0.2, -0.15) is 0 Å². The SMILES string of the molecule is CCCCCCOc1ccc(C#CC2CCC(c3ccc(CCC)cc3)CC2)cc1. The Morgan fingerprint density at radius 1 is 0.800 bits per heavy atom. The van der Waals surface area contributed by atoms with E-state index in [2.05, 4.69) is 74.2 Å². The van der Waals surface area contributed by atoms with Crippen molar-refractivity contribution in [1.82, 2.24) is 0 Å². The summed E-state index contributed by atoms with van der Waals surface area (Å²) in [6.45, 7) is 5.29. The fraction of sp³-hybridized carbons (Fsp3) is 0.517. The monoisotopic (exact) mass is 402 g/mol. The molecule has 0 heterocycles. The minimum Gasteiger partial charge on any atom is -0.494 e. The van der Waals surface area contributed by atoms with Gasteiger partial charge in [0.05, 0.1) is 6.61 Å². The van der Waals surface area contributed by atoms with E-state index in [0.717, 1.165) is 24.3 Å². The van der Waals surface area contributed by atoms with Gasteiger partial charge in [-0.3, -0.25) is 0 Å². The molecule has 30 heavy (non-hydrogen) atoms. The smallest absolute Gasteiger partial charge is 0.119 e. The molecule has 2 aromatic rings. The van der Waals surface area contributed by atoms with E-state index in [1.54, 1.807) is 0 Å². The molecule has 0 amide bonds. The van der Waals surface area contributed by atoms with Gasteiger partial charge in [0.1, 0.15) is 5.75 Å². The van der Waals surface area contributed by atoms with E-state index < -0.39 is 0 Å². The van der Waals surface area contributed by atoms with Crippen molar-refractivity contribution in [3.05, 3.63) is 65.2 Å². The van der Waals surface area contributed by atoms with Crippen LogP contribution in [0.5, 0.6) is 5.75 Å². The zero-order chi connectivity index (χ0) is 21.0. The van der Waals surface area contributed by atoms with Crippen LogP contribution in [0.15, 0.2) is 48.5 Å². The Kier molecular flexibility index (Phi) is 9.36. The highest BCUT2D eigenvalue weighted by atomic mass is 16.5. The highest BCUT2D eigenvalue weighted by Crippen LogP contribution is 2.35. The first-order valence-corrected chi connectivity index (χ1v) is 12.1. The van der Waals surface area contributed by atoms with Crippen molar-refractivity contribution in [1.29, 1.82) is 0 Å². The van der Waals surface area contributed by atoms with Crippen LogP contribution in [0, 0.1) is 17.8 Å². The molecular weight excluding hydrogens is 364 g/mol. The molecule has 0 spiro atoms. The van der Waals surface area contributed by atoms with Crippen LogP contribution in [-0.4, -0.2) is 6.61 Å². The number of rotatable bonds is 9. The van der Waals surface area contributed by atoms with E-state index in [0.29, 0.717) is 11.8 Å². The number of aryl methyl sites for hydroxylation is 1. The van der Waals surface area contributed by atoms with E-state index in [1.165, 1.54) is 68.9 Å². The van der Waals surface area contributed by atoms with E-state index in [4.69, 9.17) is 4.74 Å². The minimum atomic E-state index is 0.537. The number of ether oxygens (including phenoxy) is 1. The van der Waals surface area contributed by atoms with Gasteiger partial charge in [0.2, 0.25) is 0 Å². The summed E-state index contributed by atoms with van der Waals surface area (Å²) in [5, 5.41) is 0. The molecule has 0 bridgehead atoms. The molecule has 2 aromatic carbocycles. The van der Waals surface area contributed by atoms with Crippen molar-refractivity contribution in [3.8, 4) is 17.6 Å². The van der Waals surface area contributed by atoms with E-state index in [1.807, 2.05) is 0 Å². The predicted octanol–water partition coefficient (Wildman–Crippen LogP) is 7.92. The maximum atomic E-state index is 5.83. The lowest BCUT2D eigenvalue weighted by atomic mass is 9.79. The lowest BCUT2D eigenvalue weighted by Crippen LogP contribution is -2.12. The molecule has 160 valence electrons. The Morgan fingerprint density at radius 3 is 2.20 bits per heavy atom. The summed E-state index contributed by atoms with van der Waals surface area (Å²) in [6.07, 6.45) is 12.3. The van der Waals surface area contributed by atoms with E-state index >= 15 is 0 Å². The molecule has 0 unspecified atom stereocenters. The summed E-state index contributed by atoms with van der Waals surface area (Å²) in [4.78, 5) is 0. The second-order valence-corrected chi connectivity index (χ2v) is 8.74. The third-order valence-corrected chi connectivity index (χ3v) is 6.26. The molecule has 1 heteroatoms. The Morgan fingerprint density at radius 2 is 1.53 bits per heavy atom. The fourth-order valence-corrected chi connectivity index (χ4v) is 4.35. The lowest BCUT2D eigenvalue weighted by molar-refractivity contribution is 0.305. The molecule has 1 aliphatic rings. The molecule has 1 fully saturated rings. The predicted molar refractivity (Wildman–Crippen MR) is 128 cm³/mol. The van der Waals surface area contributed by atoms with Crippen LogP contribution in [0.2, 0.25) is 0 Å². The second-order valence-electron chi connectivity index (χ2n) is 8.74. The van der Waals surface area contributed by atoms with E-state index in [9.17, 15) is 0 Å². The van der Waals surface area contributed by atoms with Crippen LogP contribution in [0.4, 0.5) is 0 Å². The third-order valence-electron chi connectivity index (χ3n) is 6.26. The summed E-state index contributed by atoms with van der Waals surface area (Å²) in [5.41, 5.74) is 4.09. The second kappa shape index (κ2) is 12.5. The molecular formula is C29H38O. The molecule has 1 aliphatic carbocycles. The maximum Gasteiger partial charge on any atom is 0.119 e. The summed E-state index contributed by atoms with van der Waals surface area (Å²) >= 11 is 0. The molecule has 0 saturated heterocycles. The largest absolute Gasteiger partial charge is 0.494 e. The number of benzene rings is 2. The van der Waals surface area contributed by atoms with Gasteiger partial charge in [0.15, 0.2) is 0 Å². The van der Waals surface area contributed by atoms with Crippen LogP contribution < -0.4 is 4.74 Å². The van der Waals surface area contributed by atoms with Crippen LogP contribution >= 0.6 is 0 Å². The van der Waals surface area contributed by atoms with Gasteiger partial charge in [-0.15, -0.1) is 0 Å². The highest BCUT2D eigenvalue weighted by Gasteiger charge is 2.21. The van der Waals surface area contributed by atoms with Crippen molar-refractivity contribution in [2.45, 2.75) is 84.0 Å². The van der Waals surface area contributed by atoms with Gasteiger partial charge in [-0.25, -0.2) is 0 Å². The molecule has 0 radical (unpaired) electrons. The summed E-state index contributed by atoms with van der Waals surface area (Å²) < 4.78 is 5.83. The Balaban J connectivity index is 1.43. The molecule has 0 aromatic heterocycles. The van der Waals surface area contributed by atoms with Crippen molar-refractivity contribution >= 4 is 0 Å². The van der Waals surface area contributed by atoms with Crippen LogP contribution in [0.25, 0.3) is 0 Å². The quantitative estimate of drug-likeness (QED) is 0.306. The van der Waals surface area contributed by atoms with Crippen molar-refractivity contribution in [2.24, 2.45) is 5.92 Å². The van der Waals surface area contributed by atoms with Crippen LogP contribution in [0.3, 0.4) is 0 Å². The zero-order valence-electron chi connectivity index (χ0n) is 19.0. The maximum absolute atomic E-state index is 5.83. The minimum absolute atomic E-state index is 0.537. The summed E-state index contributed by atoms with van der Waals surface area (Å²) in [7, 11) is 0. The number of hydrogen-bond acceptors (Lipinski definition) is 1. The van der Waals surface area contributed by atoms with Gasteiger partial charge < -0.3 is 4.74 Å². The van der Waals surface area contributed by atoms with Gasteiger partial charge in [-0.05, 0) is 79.8 Å². The number of unbranched alkanes of at least 4 members (excludes halogenated alkanes) is 3. The van der Waals surface area contributed by atoms with Crippen LogP contribution in [-0.2, 0) is 6.42 Å². The topological polar surface area (TPSA) is 9.23 Å². The standard InChI is InChI=1S/C29H38O/c1-3-5-6-7-23-30-29-21-15-26(16-22-29)10-9-25-13-19-28(20-14-25)27-17-11-24(8-4-2)12-18-27/h11-12,15-18,21-22,25,28H,3-8,13-14,19-20,23H2,1-2H3. The summed E-state index contributed by atoms with van der Waals surface area (Å²) in [5.74, 6) is 9.14. The van der Waals surface area contributed by atoms with Gasteiger partial charge in [-0.1, -0.05) is 75.6 Å². The molecule has 3 rings (SSSR count). The lowest BCUT2D eigenvalue weighted by Gasteiger charge is -2.26. The summed E-state index contributed by atoms with van der Waals surface area (Å²) in [6, 6.07) is 17.7.